The zero-order valence-electron chi connectivity index (χ0n) is 11.7. The van der Waals surface area contributed by atoms with E-state index in [9.17, 15) is 4.79 Å². The summed E-state index contributed by atoms with van der Waals surface area (Å²) in [5.41, 5.74) is 2.48. The van der Waals surface area contributed by atoms with Crippen molar-refractivity contribution < 1.29 is 9.90 Å². The van der Waals surface area contributed by atoms with Crippen LogP contribution >= 0.6 is 0 Å². The van der Waals surface area contributed by atoms with Gasteiger partial charge in [0.1, 0.15) is 0 Å². The molecule has 0 saturated carbocycles. The number of aliphatic hydroxyl groups excluding tert-OH is 1. The van der Waals surface area contributed by atoms with Crippen LogP contribution in [-0.4, -0.2) is 17.6 Å². The molecule has 1 amide bonds. The quantitative estimate of drug-likeness (QED) is 0.844. The molecule has 0 unspecified atom stereocenters. The van der Waals surface area contributed by atoms with Crippen LogP contribution in [0.15, 0.2) is 54.6 Å². The highest BCUT2D eigenvalue weighted by atomic mass is 16.2. The van der Waals surface area contributed by atoms with Crippen molar-refractivity contribution in [2.24, 2.45) is 0 Å². The lowest BCUT2D eigenvalue weighted by Crippen LogP contribution is -2.23. The second-order valence-electron chi connectivity index (χ2n) is 4.48. The molecule has 0 bridgehead atoms. The number of hydrogen-bond acceptors (Lipinski definition) is 2. The largest absolute Gasteiger partial charge is 0.395 e. The van der Waals surface area contributed by atoms with Crippen LogP contribution in [0.2, 0.25) is 0 Å². The van der Waals surface area contributed by atoms with Gasteiger partial charge in [0.2, 0.25) is 0 Å². The minimum absolute atomic E-state index is 0.0555. The molecule has 0 heterocycles. The molecule has 0 atom stereocenters. The molecule has 3 nitrogen and oxygen atoms in total. The molecule has 2 rings (SSSR count). The highest BCUT2D eigenvalue weighted by molar-refractivity contribution is 5.94. The summed E-state index contributed by atoms with van der Waals surface area (Å²) in [6.45, 7) is 0.484. The van der Waals surface area contributed by atoms with Gasteiger partial charge in [-0.15, -0.1) is 0 Å². The molecule has 0 saturated heterocycles. The number of nitrogens with one attached hydrogen (secondary N) is 1. The first-order valence-electron chi connectivity index (χ1n) is 6.82. The van der Waals surface area contributed by atoms with Crippen molar-refractivity contribution in [3.8, 4) is 11.8 Å². The first-order valence-corrected chi connectivity index (χ1v) is 6.82. The summed E-state index contributed by atoms with van der Waals surface area (Å²) in [6.07, 6.45) is 0.449. The van der Waals surface area contributed by atoms with Gasteiger partial charge in [-0.05, 0) is 23.8 Å². The Bertz CT molecular complexity index is 654. The zero-order chi connectivity index (χ0) is 14.9. The predicted molar refractivity (Wildman–Crippen MR) is 82.6 cm³/mol. The van der Waals surface area contributed by atoms with Gasteiger partial charge in [-0.25, -0.2) is 0 Å². The lowest BCUT2D eigenvalue weighted by Gasteiger charge is -2.07. The number of hydrogen-bond donors (Lipinski definition) is 2. The third-order valence-corrected chi connectivity index (χ3v) is 2.95. The molecule has 0 aliphatic heterocycles. The molecule has 0 spiro atoms. The van der Waals surface area contributed by atoms with Gasteiger partial charge < -0.3 is 10.4 Å². The molecule has 2 aromatic carbocycles. The molecule has 0 aliphatic carbocycles. The summed E-state index contributed by atoms with van der Waals surface area (Å²) in [7, 11) is 0. The minimum Gasteiger partial charge on any atom is -0.395 e. The molecule has 0 aliphatic rings. The summed E-state index contributed by atoms with van der Waals surface area (Å²) < 4.78 is 0. The molecule has 106 valence electrons. The van der Waals surface area contributed by atoms with E-state index in [0.717, 1.165) is 11.1 Å². The van der Waals surface area contributed by atoms with Crippen LogP contribution in [0.1, 0.15) is 27.9 Å². The predicted octanol–water partition coefficient (Wildman–Crippen LogP) is 2.35. The van der Waals surface area contributed by atoms with E-state index in [1.165, 1.54) is 0 Å². The van der Waals surface area contributed by atoms with Gasteiger partial charge in [-0.2, -0.15) is 0 Å². The first kappa shape index (κ1) is 14.8. The smallest absolute Gasteiger partial charge is 0.251 e. The van der Waals surface area contributed by atoms with Gasteiger partial charge in [-0.1, -0.05) is 48.2 Å². The van der Waals surface area contributed by atoms with Crippen LogP contribution in [0, 0.1) is 11.8 Å². The van der Waals surface area contributed by atoms with E-state index < -0.39 is 0 Å². The number of carbonyl (C=O) groups is 1. The number of benzene rings is 2. The van der Waals surface area contributed by atoms with E-state index in [1.807, 2.05) is 42.5 Å². The molecule has 21 heavy (non-hydrogen) atoms. The molecule has 2 N–H and O–H groups in total. The van der Waals surface area contributed by atoms with E-state index >= 15 is 0 Å². The molecule has 2 aromatic rings. The first-order chi connectivity index (χ1) is 10.3. The Labute approximate surface area is 124 Å². The summed E-state index contributed by atoms with van der Waals surface area (Å²) >= 11 is 0. The van der Waals surface area contributed by atoms with Gasteiger partial charge in [0.15, 0.2) is 0 Å². The number of amides is 1. The minimum atomic E-state index is -0.103. The molecular formula is C18H17NO2. The van der Waals surface area contributed by atoms with Gasteiger partial charge in [0.25, 0.3) is 5.91 Å². The standard InChI is InChI=1S/C18H17NO2/c20-13-7-6-9-15-8-4-5-12-17(15)14-19-18(21)16-10-2-1-3-11-16/h1-5,8,10-12,20H,7,13-14H2,(H,19,21). The molecular weight excluding hydrogens is 262 g/mol. The van der Waals surface area contributed by atoms with Gasteiger partial charge in [-0.3, -0.25) is 4.79 Å². The second-order valence-corrected chi connectivity index (χ2v) is 4.48. The topological polar surface area (TPSA) is 49.3 Å². The number of rotatable bonds is 4. The summed E-state index contributed by atoms with van der Waals surface area (Å²) in [5, 5.41) is 11.6. The fraction of sp³-hybridized carbons (Fsp3) is 0.167. The van der Waals surface area contributed by atoms with E-state index in [4.69, 9.17) is 5.11 Å². The molecule has 3 heteroatoms. The van der Waals surface area contributed by atoms with E-state index in [2.05, 4.69) is 17.2 Å². The van der Waals surface area contributed by atoms with Crippen LogP contribution in [0.5, 0.6) is 0 Å². The van der Waals surface area contributed by atoms with E-state index in [1.54, 1.807) is 12.1 Å². The fourth-order valence-electron chi connectivity index (χ4n) is 1.88. The number of aliphatic hydroxyl groups is 1. The third-order valence-electron chi connectivity index (χ3n) is 2.95. The highest BCUT2D eigenvalue weighted by Crippen LogP contribution is 2.08. The van der Waals surface area contributed by atoms with Gasteiger partial charge in [0, 0.05) is 24.1 Å². The van der Waals surface area contributed by atoms with E-state index in [-0.39, 0.29) is 12.5 Å². The van der Waals surface area contributed by atoms with Crippen molar-refractivity contribution in [2.45, 2.75) is 13.0 Å². The van der Waals surface area contributed by atoms with Crippen LogP contribution in [0.4, 0.5) is 0 Å². The Morgan fingerprint density at radius 1 is 1.05 bits per heavy atom. The average Bonchev–Trinajstić information content (AvgIpc) is 2.54. The maximum Gasteiger partial charge on any atom is 0.251 e. The van der Waals surface area contributed by atoms with Crippen molar-refractivity contribution in [3.05, 3.63) is 71.3 Å². The van der Waals surface area contributed by atoms with Crippen LogP contribution in [-0.2, 0) is 6.54 Å². The summed E-state index contributed by atoms with van der Waals surface area (Å²) in [6, 6.07) is 16.8. The summed E-state index contributed by atoms with van der Waals surface area (Å²) in [5.74, 6) is 5.81. The van der Waals surface area contributed by atoms with E-state index in [0.29, 0.717) is 18.5 Å². The van der Waals surface area contributed by atoms with Crippen LogP contribution in [0.3, 0.4) is 0 Å². The molecule has 0 aromatic heterocycles. The lowest BCUT2D eigenvalue weighted by atomic mass is 10.1. The Kier molecular flexibility index (Phi) is 5.57. The zero-order valence-corrected chi connectivity index (χ0v) is 11.7. The fourth-order valence-corrected chi connectivity index (χ4v) is 1.88. The highest BCUT2D eigenvalue weighted by Gasteiger charge is 2.05. The number of carbonyl (C=O) groups excluding carboxylic acids is 1. The van der Waals surface area contributed by atoms with Gasteiger partial charge in [0.05, 0.1) is 6.61 Å². The van der Waals surface area contributed by atoms with Crippen molar-refractivity contribution in [1.82, 2.24) is 5.32 Å². The Morgan fingerprint density at radius 2 is 1.76 bits per heavy atom. The Morgan fingerprint density at radius 3 is 2.52 bits per heavy atom. The second kappa shape index (κ2) is 7.88. The maximum absolute atomic E-state index is 12.0. The monoisotopic (exact) mass is 279 g/mol. The summed E-state index contributed by atoms with van der Waals surface area (Å²) in [4.78, 5) is 12.0. The molecule has 0 fully saturated rings. The van der Waals surface area contributed by atoms with Crippen molar-refractivity contribution in [1.29, 1.82) is 0 Å². The lowest BCUT2D eigenvalue weighted by molar-refractivity contribution is 0.0951. The van der Waals surface area contributed by atoms with Crippen LogP contribution < -0.4 is 5.32 Å². The Balaban J connectivity index is 2.04. The van der Waals surface area contributed by atoms with Crippen molar-refractivity contribution in [3.63, 3.8) is 0 Å². The molecule has 0 radical (unpaired) electrons. The van der Waals surface area contributed by atoms with Crippen molar-refractivity contribution >= 4 is 5.91 Å². The van der Waals surface area contributed by atoms with Gasteiger partial charge >= 0.3 is 0 Å². The SMILES string of the molecule is O=C(NCc1ccccc1C#CCCO)c1ccccc1. The normalized spacial score (nSPS) is 9.57. The average molecular weight is 279 g/mol. The Hall–Kier alpha value is -2.57. The van der Waals surface area contributed by atoms with Crippen molar-refractivity contribution in [2.75, 3.05) is 6.61 Å². The maximum atomic E-state index is 12.0. The third kappa shape index (κ3) is 4.48. The van der Waals surface area contributed by atoms with Crippen LogP contribution in [0.25, 0.3) is 0 Å².